The van der Waals surface area contributed by atoms with Crippen LogP contribution in [-0.4, -0.2) is 18.2 Å². The molecule has 1 fully saturated rings. The Balaban J connectivity index is 1.52. The van der Waals surface area contributed by atoms with E-state index >= 15 is 0 Å². The average molecular weight is 553 g/mol. The Bertz CT molecular complexity index is 1380. The van der Waals surface area contributed by atoms with Crippen molar-refractivity contribution in [2.45, 2.75) is 12.8 Å². The van der Waals surface area contributed by atoms with Gasteiger partial charge in [-0.25, -0.2) is 4.99 Å². The van der Waals surface area contributed by atoms with Crippen LogP contribution in [0, 0.1) is 0 Å². The number of thioether (sulfide) groups is 1. The molecule has 1 saturated heterocycles. The van der Waals surface area contributed by atoms with Gasteiger partial charge >= 0.3 is 6.18 Å². The maximum atomic E-state index is 13.0. The van der Waals surface area contributed by atoms with Gasteiger partial charge in [0.15, 0.2) is 16.7 Å². The zero-order valence-corrected chi connectivity index (χ0v) is 20.9. The van der Waals surface area contributed by atoms with Gasteiger partial charge in [0.05, 0.1) is 28.3 Å². The number of amides is 1. The molecular formula is C25H17Cl2F3N2O3S. The van der Waals surface area contributed by atoms with E-state index < -0.39 is 17.6 Å². The summed E-state index contributed by atoms with van der Waals surface area (Å²) in [6.07, 6.45) is -2.93. The third-order valence-corrected chi connectivity index (χ3v) is 6.57. The van der Waals surface area contributed by atoms with E-state index in [0.29, 0.717) is 27.0 Å². The van der Waals surface area contributed by atoms with Crippen molar-refractivity contribution in [1.29, 1.82) is 0 Å². The molecule has 3 aromatic rings. The van der Waals surface area contributed by atoms with Gasteiger partial charge in [-0.3, -0.25) is 4.79 Å². The Hall–Kier alpha value is -3.14. The van der Waals surface area contributed by atoms with Gasteiger partial charge in [0.1, 0.15) is 6.61 Å². The summed E-state index contributed by atoms with van der Waals surface area (Å²) in [5.41, 5.74) is 0.476. The average Bonchev–Trinajstić information content (AvgIpc) is 3.18. The number of alkyl halides is 3. The highest BCUT2D eigenvalue weighted by atomic mass is 35.5. The fourth-order valence-corrected chi connectivity index (χ4v) is 4.36. The molecule has 4 rings (SSSR count). The number of benzene rings is 3. The molecule has 0 atom stereocenters. The molecule has 5 nitrogen and oxygen atoms in total. The summed E-state index contributed by atoms with van der Waals surface area (Å²) in [7, 11) is 1.50. The van der Waals surface area contributed by atoms with Crippen LogP contribution in [0.25, 0.3) is 6.08 Å². The molecule has 0 saturated carbocycles. The summed E-state index contributed by atoms with van der Waals surface area (Å²) in [5, 5.41) is 3.27. The van der Waals surface area contributed by atoms with Crippen molar-refractivity contribution in [1.82, 2.24) is 5.32 Å². The monoisotopic (exact) mass is 552 g/mol. The predicted octanol–water partition coefficient (Wildman–Crippen LogP) is 7.49. The minimum atomic E-state index is -4.54. The zero-order valence-electron chi connectivity index (χ0n) is 18.5. The molecule has 0 spiro atoms. The summed E-state index contributed by atoms with van der Waals surface area (Å²) in [6.45, 7) is 0.243. The van der Waals surface area contributed by atoms with Crippen LogP contribution in [0.3, 0.4) is 0 Å². The number of methoxy groups -OCH3 is 1. The molecule has 1 amide bonds. The molecule has 3 aromatic carbocycles. The van der Waals surface area contributed by atoms with Crippen molar-refractivity contribution in [2.24, 2.45) is 4.99 Å². The Morgan fingerprint density at radius 1 is 1.03 bits per heavy atom. The van der Waals surface area contributed by atoms with E-state index in [1.54, 1.807) is 30.3 Å². The van der Waals surface area contributed by atoms with Crippen LogP contribution in [0.4, 0.5) is 18.9 Å². The van der Waals surface area contributed by atoms with Gasteiger partial charge in [-0.2, -0.15) is 13.2 Å². The summed E-state index contributed by atoms with van der Waals surface area (Å²) < 4.78 is 50.3. The largest absolute Gasteiger partial charge is 0.493 e. The highest BCUT2D eigenvalue weighted by molar-refractivity contribution is 8.18. The molecular weight excluding hydrogens is 536 g/mol. The summed E-state index contributed by atoms with van der Waals surface area (Å²) in [6, 6.07) is 15.3. The zero-order chi connectivity index (χ0) is 25.9. The molecule has 1 aliphatic rings. The van der Waals surface area contributed by atoms with Crippen molar-refractivity contribution in [3.8, 4) is 11.5 Å². The number of hydrogen-bond acceptors (Lipinski definition) is 5. The van der Waals surface area contributed by atoms with Gasteiger partial charge < -0.3 is 14.8 Å². The number of nitrogens with one attached hydrogen (secondary N) is 1. The minimum absolute atomic E-state index is 0.0277. The van der Waals surface area contributed by atoms with E-state index in [1.807, 2.05) is 18.2 Å². The third kappa shape index (κ3) is 6.16. The normalized spacial score (nSPS) is 15.9. The maximum Gasteiger partial charge on any atom is 0.416 e. The SMILES string of the molecule is COc1cc(/C=C2\SC(=Nc3cc(C(F)(F)F)ccc3Cl)NC2=O)ccc1OCc1ccccc1Cl. The number of nitrogens with zero attached hydrogens (tertiary/aromatic N) is 1. The van der Waals surface area contributed by atoms with E-state index in [9.17, 15) is 18.0 Å². The van der Waals surface area contributed by atoms with Gasteiger partial charge in [0.25, 0.3) is 5.91 Å². The molecule has 1 N–H and O–H groups in total. The summed E-state index contributed by atoms with van der Waals surface area (Å²) >= 11 is 13.2. The molecule has 1 heterocycles. The topological polar surface area (TPSA) is 59.9 Å². The lowest BCUT2D eigenvalue weighted by atomic mass is 10.2. The van der Waals surface area contributed by atoms with E-state index in [2.05, 4.69) is 10.3 Å². The maximum absolute atomic E-state index is 13.0. The van der Waals surface area contributed by atoms with Gasteiger partial charge in [-0.05, 0) is 59.8 Å². The fraction of sp³-hybridized carbons (Fsp3) is 0.120. The van der Waals surface area contributed by atoms with Crippen LogP contribution in [0.5, 0.6) is 11.5 Å². The quantitative estimate of drug-likeness (QED) is 0.322. The van der Waals surface area contributed by atoms with Crippen LogP contribution >= 0.6 is 35.0 Å². The molecule has 0 bridgehead atoms. The van der Waals surface area contributed by atoms with Crippen molar-refractivity contribution in [2.75, 3.05) is 7.11 Å². The Kier molecular flexibility index (Phi) is 7.82. The first-order valence-corrected chi connectivity index (χ1v) is 11.9. The molecule has 0 unspecified atom stereocenters. The Labute approximate surface area is 218 Å². The van der Waals surface area contributed by atoms with Crippen LogP contribution in [-0.2, 0) is 17.6 Å². The van der Waals surface area contributed by atoms with Crippen molar-refractivity contribution in [3.63, 3.8) is 0 Å². The second-order valence-electron chi connectivity index (χ2n) is 7.44. The summed E-state index contributed by atoms with van der Waals surface area (Å²) in [5.74, 6) is 0.494. The number of hydrogen-bond donors (Lipinski definition) is 1. The first-order valence-electron chi connectivity index (χ1n) is 10.3. The highest BCUT2D eigenvalue weighted by Gasteiger charge is 2.31. The lowest BCUT2D eigenvalue weighted by Crippen LogP contribution is -2.19. The molecule has 36 heavy (non-hydrogen) atoms. The fourth-order valence-electron chi connectivity index (χ4n) is 3.18. The Morgan fingerprint density at radius 3 is 2.53 bits per heavy atom. The van der Waals surface area contributed by atoms with Gasteiger partial charge in [0, 0.05) is 10.6 Å². The number of amidine groups is 1. The van der Waals surface area contributed by atoms with Crippen molar-refractivity contribution >= 4 is 57.8 Å². The molecule has 0 aliphatic carbocycles. The molecule has 1 aliphatic heterocycles. The van der Waals surface area contributed by atoms with Gasteiger partial charge in [-0.1, -0.05) is 47.5 Å². The molecule has 0 aromatic heterocycles. The lowest BCUT2D eigenvalue weighted by molar-refractivity contribution is -0.137. The lowest BCUT2D eigenvalue weighted by Gasteiger charge is -2.12. The first-order chi connectivity index (χ1) is 17.1. The van der Waals surface area contributed by atoms with E-state index in [0.717, 1.165) is 35.5 Å². The first kappa shape index (κ1) is 25.9. The van der Waals surface area contributed by atoms with Crippen LogP contribution < -0.4 is 14.8 Å². The Morgan fingerprint density at radius 2 is 1.81 bits per heavy atom. The summed E-state index contributed by atoms with van der Waals surface area (Å²) in [4.78, 5) is 16.8. The van der Waals surface area contributed by atoms with Crippen LogP contribution in [0.1, 0.15) is 16.7 Å². The molecule has 186 valence electrons. The number of aliphatic imine (C=N–C) groups is 1. The second kappa shape index (κ2) is 10.9. The number of ether oxygens (including phenoxy) is 2. The number of rotatable bonds is 6. The van der Waals surface area contributed by atoms with Crippen LogP contribution in [0.2, 0.25) is 10.0 Å². The van der Waals surface area contributed by atoms with Crippen LogP contribution in [0.15, 0.2) is 70.6 Å². The number of carbonyl (C=O) groups excluding carboxylic acids is 1. The predicted molar refractivity (Wildman–Crippen MR) is 136 cm³/mol. The van der Waals surface area contributed by atoms with E-state index in [-0.39, 0.29) is 22.5 Å². The van der Waals surface area contributed by atoms with Crippen molar-refractivity contribution < 1.29 is 27.4 Å². The minimum Gasteiger partial charge on any atom is -0.493 e. The molecule has 11 heteroatoms. The van der Waals surface area contributed by atoms with Gasteiger partial charge in [0.2, 0.25) is 0 Å². The third-order valence-electron chi connectivity index (χ3n) is 4.97. The van der Waals surface area contributed by atoms with E-state index in [1.165, 1.54) is 7.11 Å². The number of halogens is 5. The van der Waals surface area contributed by atoms with Crippen molar-refractivity contribution in [3.05, 3.63) is 92.3 Å². The molecule has 0 radical (unpaired) electrons. The second-order valence-corrected chi connectivity index (χ2v) is 9.28. The highest BCUT2D eigenvalue weighted by Crippen LogP contribution is 2.37. The van der Waals surface area contributed by atoms with Gasteiger partial charge in [-0.15, -0.1) is 0 Å². The van der Waals surface area contributed by atoms with E-state index in [4.69, 9.17) is 32.7 Å². The number of carbonyl (C=O) groups is 1. The standard InChI is InChI=1S/C25H17Cl2F3N2O3S/c1-34-21-10-14(6-9-20(21)35-13-15-4-2-3-5-17(15)26)11-22-23(33)32-24(36-22)31-19-12-16(25(28,29)30)7-8-18(19)27/h2-12H,13H2,1H3,(H,31,32,33)/b22-11-. The smallest absolute Gasteiger partial charge is 0.416 e.